The molecule has 1 amide bonds. The summed E-state index contributed by atoms with van der Waals surface area (Å²) in [5.74, 6) is -0.514. The quantitative estimate of drug-likeness (QED) is 0.895. The van der Waals surface area contributed by atoms with Gasteiger partial charge in [0.15, 0.2) is 0 Å². The average Bonchev–Trinajstić information content (AvgIpc) is 2.18. The van der Waals surface area contributed by atoms with Crippen LogP contribution >= 0.6 is 12.4 Å². The Bertz CT molecular complexity index is 408. The number of alkyl halides is 3. The van der Waals surface area contributed by atoms with E-state index < -0.39 is 24.5 Å². The highest BCUT2D eigenvalue weighted by molar-refractivity contribution is 5.95. The summed E-state index contributed by atoms with van der Waals surface area (Å²) in [5, 5.41) is 2.37. The molecule has 0 saturated heterocycles. The Kier molecular flexibility index (Phi) is 6.14. The molecule has 3 N–H and O–H groups in total. The molecule has 0 radical (unpaired) electrons. The summed E-state index contributed by atoms with van der Waals surface area (Å²) in [6.45, 7) is 1.46. The minimum atomic E-state index is -4.31. The van der Waals surface area contributed by atoms with Crippen LogP contribution in [0.15, 0.2) is 24.3 Å². The molecular formula is C11H14ClF3N2O. The van der Waals surface area contributed by atoms with Crippen molar-refractivity contribution in [3.05, 3.63) is 29.8 Å². The number of hydrogen-bond donors (Lipinski definition) is 2. The number of amides is 1. The zero-order valence-corrected chi connectivity index (χ0v) is 10.4. The van der Waals surface area contributed by atoms with Crippen LogP contribution in [0.5, 0.6) is 0 Å². The lowest BCUT2D eigenvalue weighted by atomic mass is 10.1. The van der Waals surface area contributed by atoms with Crippen LogP contribution in [0.4, 0.5) is 18.9 Å². The second kappa shape index (κ2) is 6.61. The summed E-state index contributed by atoms with van der Waals surface area (Å²) in [6, 6.07) is 5.01. The van der Waals surface area contributed by atoms with Gasteiger partial charge in [0.1, 0.15) is 0 Å². The van der Waals surface area contributed by atoms with E-state index >= 15 is 0 Å². The number of rotatable bonds is 3. The Hall–Kier alpha value is -1.27. The van der Waals surface area contributed by atoms with Gasteiger partial charge in [-0.05, 0) is 18.6 Å². The Balaban J connectivity index is 0.00000289. The smallest absolute Gasteiger partial charge is 0.324 e. The molecule has 1 atom stereocenters. The van der Waals surface area contributed by atoms with Gasteiger partial charge in [0.05, 0.1) is 12.5 Å². The van der Waals surface area contributed by atoms with Crippen LogP contribution in [0.1, 0.15) is 12.5 Å². The first-order valence-electron chi connectivity index (χ1n) is 5.00. The lowest BCUT2D eigenvalue weighted by Crippen LogP contribution is -2.33. The second-order valence-electron chi connectivity index (χ2n) is 3.73. The average molecular weight is 283 g/mol. The topological polar surface area (TPSA) is 55.1 Å². The summed E-state index contributed by atoms with van der Waals surface area (Å²) in [4.78, 5) is 11.3. The van der Waals surface area contributed by atoms with E-state index in [1.54, 1.807) is 6.07 Å². The van der Waals surface area contributed by atoms with Crippen molar-refractivity contribution in [3.63, 3.8) is 0 Å². The Labute approximate surface area is 109 Å². The molecule has 1 aromatic rings. The van der Waals surface area contributed by atoms with Crippen molar-refractivity contribution in [2.45, 2.75) is 25.6 Å². The third-order valence-electron chi connectivity index (χ3n) is 2.08. The van der Waals surface area contributed by atoms with Crippen LogP contribution in [-0.4, -0.2) is 18.1 Å². The van der Waals surface area contributed by atoms with Crippen LogP contribution in [0.25, 0.3) is 0 Å². The van der Waals surface area contributed by atoms with Crippen LogP contribution in [0.2, 0.25) is 0 Å². The highest BCUT2D eigenvalue weighted by Gasteiger charge is 2.29. The molecule has 0 aliphatic heterocycles. The number of nitrogens with one attached hydrogen (secondary N) is 1. The predicted molar refractivity (Wildman–Crippen MR) is 65.7 cm³/mol. The number of nitrogens with two attached hydrogens (primary N) is 1. The van der Waals surface area contributed by atoms with Gasteiger partial charge in [0.25, 0.3) is 0 Å². The van der Waals surface area contributed by atoms with Gasteiger partial charge in [0.2, 0.25) is 5.91 Å². The number of carbonyl (C=O) groups excluding carboxylic acids is 1. The molecule has 0 heterocycles. The van der Waals surface area contributed by atoms with Crippen molar-refractivity contribution in [3.8, 4) is 0 Å². The van der Waals surface area contributed by atoms with E-state index in [2.05, 4.69) is 5.32 Å². The maximum Gasteiger partial charge on any atom is 0.393 e. The van der Waals surface area contributed by atoms with E-state index in [4.69, 9.17) is 5.73 Å². The molecule has 102 valence electrons. The monoisotopic (exact) mass is 282 g/mol. The van der Waals surface area contributed by atoms with Gasteiger partial charge in [-0.15, -0.1) is 12.4 Å². The molecule has 0 aliphatic rings. The molecule has 18 heavy (non-hydrogen) atoms. The van der Waals surface area contributed by atoms with Crippen molar-refractivity contribution in [2.24, 2.45) is 5.73 Å². The SMILES string of the molecule is C[C@H](N)C(=O)Nc1ccccc1CC(F)(F)F.Cl. The van der Waals surface area contributed by atoms with E-state index in [9.17, 15) is 18.0 Å². The van der Waals surface area contributed by atoms with Crippen LogP contribution < -0.4 is 11.1 Å². The Morgan fingerprint density at radius 2 is 1.94 bits per heavy atom. The fourth-order valence-corrected chi connectivity index (χ4v) is 1.26. The molecule has 1 rings (SSSR count). The van der Waals surface area contributed by atoms with Crippen molar-refractivity contribution >= 4 is 24.0 Å². The minimum absolute atomic E-state index is 0. The zero-order chi connectivity index (χ0) is 13.1. The molecule has 0 spiro atoms. The third kappa shape index (κ3) is 5.37. The van der Waals surface area contributed by atoms with Crippen LogP contribution in [0.3, 0.4) is 0 Å². The van der Waals surface area contributed by atoms with E-state index in [0.29, 0.717) is 0 Å². The van der Waals surface area contributed by atoms with Gasteiger partial charge in [-0.3, -0.25) is 4.79 Å². The number of benzene rings is 1. The van der Waals surface area contributed by atoms with Crippen LogP contribution in [-0.2, 0) is 11.2 Å². The molecule has 7 heteroatoms. The zero-order valence-electron chi connectivity index (χ0n) is 9.62. The number of anilines is 1. The summed E-state index contributed by atoms with van der Waals surface area (Å²) in [5.41, 5.74) is 5.49. The van der Waals surface area contributed by atoms with Gasteiger partial charge in [0, 0.05) is 5.69 Å². The van der Waals surface area contributed by atoms with E-state index in [0.717, 1.165) is 0 Å². The van der Waals surface area contributed by atoms with E-state index in [1.807, 2.05) is 0 Å². The molecule has 0 fully saturated rings. The first kappa shape index (κ1) is 16.7. The van der Waals surface area contributed by atoms with Gasteiger partial charge >= 0.3 is 6.18 Å². The lowest BCUT2D eigenvalue weighted by Gasteiger charge is -2.13. The maximum atomic E-state index is 12.3. The summed E-state index contributed by atoms with van der Waals surface area (Å²) >= 11 is 0. The number of para-hydroxylation sites is 1. The van der Waals surface area contributed by atoms with E-state index in [1.165, 1.54) is 25.1 Å². The molecule has 1 aromatic carbocycles. The normalized spacial score (nSPS) is 12.5. The fourth-order valence-electron chi connectivity index (χ4n) is 1.26. The summed E-state index contributed by atoms with van der Waals surface area (Å²) in [7, 11) is 0. The fraction of sp³-hybridized carbons (Fsp3) is 0.364. The molecule has 0 saturated carbocycles. The summed E-state index contributed by atoms with van der Waals surface area (Å²) in [6.07, 6.45) is -5.39. The van der Waals surface area contributed by atoms with Crippen molar-refractivity contribution < 1.29 is 18.0 Å². The van der Waals surface area contributed by atoms with Crippen molar-refractivity contribution in [1.29, 1.82) is 0 Å². The lowest BCUT2D eigenvalue weighted by molar-refractivity contribution is -0.127. The minimum Gasteiger partial charge on any atom is -0.324 e. The largest absolute Gasteiger partial charge is 0.393 e. The van der Waals surface area contributed by atoms with E-state index in [-0.39, 0.29) is 23.7 Å². The van der Waals surface area contributed by atoms with Gasteiger partial charge < -0.3 is 11.1 Å². The maximum absolute atomic E-state index is 12.3. The Morgan fingerprint density at radius 3 is 2.44 bits per heavy atom. The first-order valence-corrected chi connectivity index (χ1v) is 5.00. The van der Waals surface area contributed by atoms with Crippen LogP contribution in [0, 0.1) is 0 Å². The molecule has 3 nitrogen and oxygen atoms in total. The molecule has 0 unspecified atom stereocenters. The molecule has 0 aromatic heterocycles. The third-order valence-corrected chi connectivity index (χ3v) is 2.08. The van der Waals surface area contributed by atoms with Gasteiger partial charge in [-0.1, -0.05) is 18.2 Å². The van der Waals surface area contributed by atoms with Crippen molar-refractivity contribution in [1.82, 2.24) is 0 Å². The first-order chi connectivity index (χ1) is 7.79. The van der Waals surface area contributed by atoms with Crippen molar-refractivity contribution in [2.75, 3.05) is 5.32 Å². The predicted octanol–water partition coefficient (Wildman–Crippen LogP) is 2.50. The Morgan fingerprint density at radius 1 is 1.39 bits per heavy atom. The number of carbonyl (C=O) groups is 1. The number of halogens is 4. The second-order valence-corrected chi connectivity index (χ2v) is 3.73. The van der Waals surface area contributed by atoms with Gasteiger partial charge in [-0.2, -0.15) is 13.2 Å². The highest BCUT2D eigenvalue weighted by atomic mass is 35.5. The molecule has 0 bridgehead atoms. The summed E-state index contributed by atoms with van der Waals surface area (Å²) < 4.78 is 36.8. The molecule has 0 aliphatic carbocycles. The molecular weight excluding hydrogens is 269 g/mol. The standard InChI is InChI=1S/C11H13F3N2O.ClH/c1-7(15)10(17)16-9-5-3-2-4-8(9)6-11(12,13)14;/h2-5,7H,6,15H2,1H3,(H,16,17);1H/t7-;/m0./s1. The van der Waals surface area contributed by atoms with Gasteiger partial charge in [-0.25, -0.2) is 0 Å². The number of hydrogen-bond acceptors (Lipinski definition) is 2. The highest BCUT2D eigenvalue weighted by Crippen LogP contribution is 2.25.